The van der Waals surface area contributed by atoms with Gasteiger partial charge in [-0.25, -0.2) is 4.52 Å². The van der Waals surface area contributed by atoms with Crippen LogP contribution in [0.2, 0.25) is 0 Å². The van der Waals surface area contributed by atoms with Gasteiger partial charge in [0.05, 0.1) is 49.0 Å². The highest BCUT2D eigenvalue weighted by Crippen LogP contribution is 2.41. The lowest BCUT2D eigenvalue weighted by atomic mass is 9.99. The predicted molar refractivity (Wildman–Crippen MR) is 144 cm³/mol. The minimum absolute atomic E-state index is 0.512. The molecule has 0 spiro atoms. The molecule has 0 aliphatic carbocycles. The van der Waals surface area contributed by atoms with Crippen molar-refractivity contribution in [3.8, 4) is 22.8 Å². The Hall–Kier alpha value is -2.77. The molecule has 1 fully saturated rings. The highest BCUT2D eigenvalue weighted by Gasteiger charge is 2.25. The number of hydrogen-bond donors (Lipinski definition) is 0. The van der Waals surface area contributed by atoms with E-state index in [-0.39, 0.29) is 0 Å². The second kappa shape index (κ2) is 12.5. The van der Waals surface area contributed by atoms with E-state index in [2.05, 4.69) is 41.5 Å². The number of anilines is 1. The molecule has 196 valence electrons. The Labute approximate surface area is 215 Å². The Morgan fingerprint density at radius 2 is 1.78 bits per heavy atom. The first-order chi connectivity index (χ1) is 17.6. The van der Waals surface area contributed by atoms with E-state index in [0.29, 0.717) is 19.1 Å². The molecule has 1 aliphatic rings. The van der Waals surface area contributed by atoms with Crippen LogP contribution in [-0.2, 0) is 22.5 Å². The summed E-state index contributed by atoms with van der Waals surface area (Å²) in [5.74, 6) is 2.14. The lowest BCUT2D eigenvalue weighted by molar-refractivity contribution is 0.0682. The number of nitrogens with zero attached hydrogens (tertiary/aromatic N) is 3. The summed E-state index contributed by atoms with van der Waals surface area (Å²) in [7, 11) is 3.40. The van der Waals surface area contributed by atoms with Crippen LogP contribution in [0.3, 0.4) is 0 Å². The summed E-state index contributed by atoms with van der Waals surface area (Å²) >= 11 is 0. The van der Waals surface area contributed by atoms with Crippen LogP contribution in [0.5, 0.6) is 11.5 Å². The van der Waals surface area contributed by atoms with E-state index in [1.165, 1.54) is 5.69 Å². The molecule has 0 atom stereocenters. The Kier molecular flexibility index (Phi) is 9.10. The van der Waals surface area contributed by atoms with E-state index in [1.54, 1.807) is 14.2 Å². The van der Waals surface area contributed by atoms with Gasteiger partial charge in [-0.05, 0) is 68.4 Å². The SMILES string of the molecule is CCCN(CC1CCOCC1)c1c(CC)nn2c(-c3c(OC)cc(COCC)cc3OC)cccc12. The molecule has 7 heteroatoms. The van der Waals surface area contributed by atoms with E-state index in [4.69, 9.17) is 24.0 Å². The fourth-order valence-electron chi connectivity index (χ4n) is 5.20. The highest BCUT2D eigenvalue weighted by atomic mass is 16.5. The molecule has 0 bridgehead atoms. The molecule has 7 nitrogen and oxygen atoms in total. The molecule has 0 N–H and O–H groups in total. The Bertz CT molecular complexity index is 1110. The molecule has 1 aromatic carbocycles. The summed E-state index contributed by atoms with van der Waals surface area (Å²) in [6.07, 6.45) is 4.20. The van der Waals surface area contributed by atoms with Crippen molar-refractivity contribution in [2.75, 3.05) is 52.0 Å². The third-order valence-electron chi connectivity index (χ3n) is 6.96. The van der Waals surface area contributed by atoms with Crippen molar-refractivity contribution in [3.05, 3.63) is 41.6 Å². The van der Waals surface area contributed by atoms with Crippen LogP contribution >= 0.6 is 0 Å². The van der Waals surface area contributed by atoms with Crippen molar-refractivity contribution in [2.45, 2.75) is 53.1 Å². The minimum Gasteiger partial charge on any atom is -0.496 e. The molecule has 1 saturated heterocycles. The molecule has 3 aromatic rings. The van der Waals surface area contributed by atoms with Gasteiger partial charge in [0, 0.05) is 32.9 Å². The third kappa shape index (κ3) is 5.47. The number of hydrogen-bond acceptors (Lipinski definition) is 6. The number of fused-ring (bicyclic) bond motifs is 1. The summed E-state index contributed by atoms with van der Waals surface area (Å²) in [6.45, 7) is 11.4. The standard InChI is InChI=1S/C29H41N3O4/c1-6-14-31(19-21-12-15-36-16-13-21)29-23(7-2)30-32-24(10-9-11-25(29)32)28-26(33-4)17-22(20-35-8-3)18-27(28)34-5/h9-11,17-18,21H,6-8,12-16,19-20H2,1-5H3. The van der Waals surface area contributed by atoms with Gasteiger partial charge in [0.15, 0.2) is 0 Å². The average Bonchev–Trinajstić information content (AvgIpc) is 3.30. The van der Waals surface area contributed by atoms with E-state index in [9.17, 15) is 0 Å². The fourth-order valence-corrected chi connectivity index (χ4v) is 5.20. The zero-order valence-electron chi connectivity index (χ0n) is 22.5. The first kappa shape index (κ1) is 26.3. The van der Waals surface area contributed by atoms with Crippen LogP contribution in [0.4, 0.5) is 5.69 Å². The summed E-state index contributed by atoms with van der Waals surface area (Å²) in [5, 5.41) is 5.14. The number of methoxy groups -OCH3 is 2. The molecule has 3 heterocycles. The van der Waals surface area contributed by atoms with Crippen LogP contribution in [0.25, 0.3) is 16.8 Å². The maximum Gasteiger partial charge on any atom is 0.132 e. The number of benzene rings is 1. The van der Waals surface area contributed by atoms with Crippen LogP contribution in [0.1, 0.15) is 51.3 Å². The lowest BCUT2D eigenvalue weighted by Crippen LogP contribution is -2.33. The second-order valence-corrected chi connectivity index (χ2v) is 9.37. The molecule has 0 amide bonds. The van der Waals surface area contributed by atoms with Crippen LogP contribution in [0.15, 0.2) is 30.3 Å². The average molecular weight is 496 g/mol. The number of aromatic nitrogens is 2. The van der Waals surface area contributed by atoms with Gasteiger partial charge in [-0.3, -0.25) is 0 Å². The zero-order valence-corrected chi connectivity index (χ0v) is 22.5. The predicted octanol–water partition coefficient (Wildman–Crippen LogP) is 5.76. The molecule has 2 aromatic heterocycles. The maximum absolute atomic E-state index is 5.86. The molecule has 4 rings (SSSR count). The summed E-state index contributed by atoms with van der Waals surface area (Å²) in [5.41, 5.74) is 6.35. The van der Waals surface area contributed by atoms with Crippen molar-refractivity contribution in [3.63, 3.8) is 0 Å². The van der Waals surface area contributed by atoms with E-state index >= 15 is 0 Å². The number of rotatable bonds is 12. The van der Waals surface area contributed by atoms with Gasteiger partial charge in [-0.15, -0.1) is 0 Å². The summed E-state index contributed by atoms with van der Waals surface area (Å²) < 4.78 is 25.1. The molecule has 0 unspecified atom stereocenters. The van der Waals surface area contributed by atoms with Gasteiger partial charge in [0.1, 0.15) is 11.5 Å². The van der Waals surface area contributed by atoms with Crippen LogP contribution in [0, 0.1) is 5.92 Å². The number of aryl methyl sites for hydroxylation is 1. The number of pyridine rings is 1. The molecular weight excluding hydrogens is 454 g/mol. The summed E-state index contributed by atoms with van der Waals surface area (Å²) in [6, 6.07) is 10.5. The Morgan fingerprint density at radius 1 is 1.06 bits per heavy atom. The maximum atomic E-state index is 5.86. The molecular formula is C29H41N3O4. The molecule has 0 saturated carbocycles. The van der Waals surface area contributed by atoms with Crippen molar-refractivity contribution in [2.24, 2.45) is 5.92 Å². The van der Waals surface area contributed by atoms with Gasteiger partial charge >= 0.3 is 0 Å². The quantitative estimate of drug-likeness (QED) is 0.318. The normalized spacial score (nSPS) is 14.4. The Balaban J connectivity index is 1.84. The zero-order chi connectivity index (χ0) is 25.5. The van der Waals surface area contributed by atoms with Crippen molar-refractivity contribution >= 4 is 11.2 Å². The topological polar surface area (TPSA) is 57.5 Å². The molecule has 0 radical (unpaired) electrons. The van der Waals surface area contributed by atoms with Gasteiger partial charge < -0.3 is 23.8 Å². The van der Waals surface area contributed by atoms with E-state index in [0.717, 1.165) is 91.5 Å². The van der Waals surface area contributed by atoms with Crippen LogP contribution < -0.4 is 14.4 Å². The first-order valence-electron chi connectivity index (χ1n) is 13.3. The summed E-state index contributed by atoms with van der Waals surface area (Å²) in [4.78, 5) is 2.56. The fraction of sp³-hybridized carbons (Fsp3) is 0.552. The smallest absolute Gasteiger partial charge is 0.132 e. The number of ether oxygens (including phenoxy) is 4. The van der Waals surface area contributed by atoms with E-state index < -0.39 is 0 Å². The lowest BCUT2D eigenvalue weighted by Gasteiger charge is -2.31. The van der Waals surface area contributed by atoms with Crippen molar-refractivity contribution in [1.82, 2.24) is 9.61 Å². The van der Waals surface area contributed by atoms with Crippen molar-refractivity contribution in [1.29, 1.82) is 0 Å². The first-order valence-corrected chi connectivity index (χ1v) is 13.3. The second-order valence-electron chi connectivity index (χ2n) is 9.37. The molecule has 1 aliphatic heterocycles. The van der Waals surface area contributed by atoms with Gasteiger partial charge in [-0.1, -0.05) is 19.9 Å². The largest absolute Gasteiger partial charge is 0.496 e. The monoisotopic (exact) mass is 495 g/mol. The van der Waals surface area contributed by atoms with Crippen molar-refractivity contribution < 1.29 is 18.9 Å². The van der Waals surface area contributed by atoms with Crippen LogP contribution in [-0.4, -0.2) is 56.7 Å². The molecule has 36 heavy (non-hydrogen) atoms. The highest BCUT2D eigenvalue weighted by molar-refractivity contribution is 5.82. The van der Waals surface area contributed by atoms with Gasteiger partial charge in [-0.2, -0.15) is 5.10 Å². The van der Waals surface area contributed by atoms with E-state index in [1.807, 2.05) is 19.1 Å². The van der Waals surface area contributed by atoms with Gasteiger partial charge in [0.25, 0.3) is 0 Å². The van der Waals surface area contributed by atoms with Gasteiger partial charge in [0.2, 0.25) is 0 Å². The Morgan fingerprint density at radius 3 is 2.39 bits per heavy atom. The minimum atomic E-state index is 0.512. The third-order valence-corrected chi connectivity index (χ3v) is 6.96.